The first kappa shape index (κ1) is 15.1. The molecule has 1 heterocycles. The van der Waals surface area contributed by atoms with Crippen molar-refractivity contribution < 1.29 is 8.42 Å². The topological polar surface area (TPSA) is 58.2 Å². The van der Waals surface area contributed by atoms with Gasteiger partial charge in [-0.2, -0.15) is 0 Å². The third-order valence-corrected chi connectivity index (χ3v) is 5.52. The number of hydrogen-bond acceptors (Lipinski definition) is 3. The smallest absolute Gasteiger partial charge is 0.240 e. The molecule has 106 valence electrons. The average Bonchev–Trinajstić information content (AvgIpc) is 2.35. The van der Waals surface area contributed by atoms with Crippen molar-refractivity contribution in [3.05, 3.63) is 28.2 Å². The third kappa shape index (κ3) is 3.61. The van der Waals surface area contributed by atoms with Crippen LogP contribution < -0.4 is 10.0 Å². The van der Waals surface area contributed by atoms with Crippen molar-refractivity contribution in [1.29, 1.82) is 0 Å². The van der Waals surface area contributed by atoms with Gasteiger partial charge in [-0.05, 0) is 43.6 Å². The molecule has 1 aromatic rings. The molecule has 0 radical (unpaired) electrons. The first-order valence-corrected chi connectivity index (χ1v) is 8.32. The van der Waals surface area contributed by atoms with Crippen molar-refractivity contribution in [2.24, 2.45) is 5.92 Å². The maximum atomic E-state index is 12.3. The molecule has 19 heavy (non-hydrogen) atoms. The highest BCUT2D eigenvalue weighted by Gasteiger charge is 2.26. The van der Waals surface area contributed by atoms with Crippen LogP contribution in [-0.2, 0) is 10.0 Å². The molecule has 0 saturated carbocycles. The van der Waals surface area contributed by atoms with Crippen LogP contribution in [0.4, 0.5) is 0 Å². The van der Waals surface area contributed by atoms with Crippen molar-refractivity contribution in [2.45, 2.75) is 24.3 Å². The molecule has 2 unspecified atom stereocenters. The summed E-state index contributed by atoms with van der Waals surface area (Å²) in [5.74, 6) is 0.256. The highest BCUT2D eigenvalue weighted by atomic mass is 35.5. The van der Waals surface area contributed by atoms with Gasteiger partial charge >= 0.3 is 0 Å². The molecule has 4 nitrogen and oxygen atoms in total. The maximum Gasteiger partial charge on any atom is 0.240 e. The van der Waals surface area contributed by atoms with E-state index in [4.69, 9.17) is 23.2 Å². The van der Waals surface area contributed by atoms with Gasteiger partial charge in [0.1, 0.15) is 0 Å². The summed E-state index contributed by atoms with van der Waals surface area (Å²) in [4.78, 5) is 0.146. The summed E-state index contributed by atoms with van der Waals surface area (Å²) in [5.41, 5.74) is 0. The van der Waals surface area contributed by atoms with Crippen LogP contribution in [0.15, 0.2) is 23.1 Å². The van der Waals surface area contributed by atoms with Crippen LogP contribution in [0.1, 0.15) is 13.3 Å². The van der Waals surface area contributed by atoms with Gasteiger partial charge in [0.05, 0.1) is 14.9 Å². The lowest BCUT2D eigenvalue weighted by molar-refractivity contribution is 0.328. The Morgan fingerprint density at radius 2 is 2.05 bits per heavy atom. The van der Waals surface area contributed by atoms with E-state index >= 15 is 0 Å². The van der Waals surface area contributed by atoms with Gasteiger partial charge in [0.25, 0.3) is 0 Å². The van der Waals surface area contributed by atoms with Gasteiger partial charge in [0.2, 0.25) is 10.0 Å². The normalized spacial score (nSPS) is 24.4. The molecule has 1 aliphatic heterocycles. The predicted octanol–water partition coefficient (Wildman–Crippen LogP) is 2.27. The summed E-state index contributed by atoms with van der Waals surface area (Å²) in [5, 5.41) is 3.82. The molecular weight excluding hydrogens is 307 g/mol. The molecule has 0 amide bonds. The van der Waals surface area contributed by atoms with Crippen LogP contribution >= 0.6 is 23.2 Å². The second-order valence-corrected chi connectivity index (χ2v) is 7.30. The molecule has 0 bridgehead atoms. The Balaban J connectivity index is 2.19. The summed E-state index contributed by atoms with van der Waals surface area (Å²) in [6.07, 6.45) is 0.779. The van der Waals surface area contributed by atoms with E-state index in [0.29, 0.717) is 5.02 Å². The van der Waals surface area contributed by atoms with Crippen molar-refractivity contribution in [1.82, 2.24) is 10.0 Å². The lowest BCUT2D eigenvalue weighted by Gasteiger charge is -2.29. The summed E-state index contributed by atoms with van der Waals surface area (Å²) in [6.45, 7) is 3.65. The van der Waals surface area contributed by atoms with Gasteiger partial charge in [-0.25, -0.2) is 13.1 Å². The Kier molecular flexibility index (Phi) is 4.74. The zero-order valence-corrected chi connectivity index (χ0v) is 12.8. The Morgan fingerprint density at radius 1 is 1.32 bits per heavy atom. The van der Waals surface area contributed by atoms with Crippen molar-refractivity contribution >= 4 is 33.2 Å². The van der Waals surface area contributed by atoms with E-state index in [-0.39, 0.29) is 21.9 Å². The Morgan fingerprint density at radius 3 is 2.68 bits per heavy atom. The van der Waals surface area contributed by atoms with Crippen molar-refractivity contribution in [3.8, 4) is 0 Å². The van der Waals surface area contributed by atoms with Gasteiger partial charge in [-0.3, -0.25) is 0 Å². The standard InChI is InChI=1S/C12H16Cl2N2O2S/c1-8-7-15-5-4-12(8)16-19(17,18)9-2-3-10(13)11(14)6-9/h2-3,6,8,12,15-16H,4-5,7H2,1H3. The number of rotatable bonds is 3. The summed E-state index contributed by atoms with van der Waals surface area (Å²) in [7, 11) is -3.55. The molecule has 2 rings (SSSR count). The number of benzene rings is 1. The number of halogens is 2. The minimum Gasteiger partial charge on any atom is -0.316 e. The largest absolute Gasteiger partial charge is 0.316 e. The van der Waals surface area contributed by atoms with Crippen LogP contribution in [0.3, 0.4) is 0 Å². The molecule has 2 atom stereocenters. The van der Waals surface area contributed by atoms with Crippen LogP contribution in [0.25, 0.3) is 0 Å². The monoisotopic (exact) mass is 322 g/mol. The predicted molar refractivity (Wildman–Crippen MR) is 77.2 cm³/mol. The molecule has 1 aromatic carbocycles. The molecular formula is C12H16Cl2N2O2S. The second-order valence-electron chi connectivity index (χ2n) is 4.77. The van der Waals surface area contributed by atoms with Gasteiger partial charge < -0.3 is 5.32 Å². The molecule has 1 saturated heterocycles. The van der Waals surface area contributed by atoms with E-state index in [2.05, 4.69) is 10.0 Å². The van der Waals surface area contributed by atoms with E-state index in [9.17, 15) is 8.42 Å². The highest BCUT2D eigenvalue weighted by molar-refractivity contribution is 7.89. The quantitative estimate of drug-likeness (QED) is 0.897. The number of sulfonamides is 1. The molecule has 0 aromatic heterocycles. The van der Waals surface area contributed by atoms with E-state index in [1.54, 1.807) is 0 Å². The Bertz CT molecular complexity index is 563. The summed E-state index contributed by atoms with van der Waals surface area (Å²) < 4.78 is 27.3. The summed E-state index contributed by atoms with van der Waals surface area (Å²) >= 11 is 11.6. The van der Waals surface area contributed by atoms with E-state index < -0.39 is 10.0 Å². The maximum absolute atomic E-state index is 12.3. The molecule has 7 heteroatoms. The zero-order chi connectivity index (χ0) is 14.0. The van der Waals surface area contributed by atoms with Crippen molar-refractivity contribution in [3.63, 3.8) is 0 Å². The molecule has 2 N–H and O–H groups in total. The van der Waals surface area contributed by atoms with Gasteiger partial charge in [-0.1, -0.05) is 30.1 Å². The minimum absolute atomic E-state index is 0.0549. The first-order valence-electron chi connectivity index (χ1n) is 6.08. The third-order valence-electron chi connectivity index (χ3n) is 3.29. The SMILES string of the molecule is CC1CNCCC1NS(=O)(=O)c1ccc(Cl)c(Cl)c1. The second kappa shape index (κ2) is 5.97. The van der Waals surface area contributed by atoms with E-state index in [1.807, 2.05) is 6.92 Å². The van der Waals surface area contributed by atoms with Crippen molar-refractivity contribution in [2.75, 3.05) is 13.1 Å². The fourth-order valence-electron chi connectivity index (χ4n) is 2.10. The average molecular weight is 323 g/mol. The van der Waals surface area contributed by atoms with Crippen LogP contribution in [0.2, 0.25) is 10.0 Å². The minimum atomic E-state index is -3.55. The Hall–Kier alpha value is -0.330. The molecule has 0 spiro atoms. The van der Waals surface area contributed by atoms with Crippen LogP contribution in [-0.4, -0.2) is 27.5 Å². The van der Waals surface area contributed by atoms with E-state index in [0.717, 1.165) is 19.5 Å². The van der Waals surface area contributed by atoms with Crippen LogP contribution in [0.5, 0.6) is 0 Å². The molecule has 1 aliphatic rings. The molecule has 0 aliphatic carbocycles. The number of hydrogen-bond donors (Lipinski definition) is 2. The first-order chi connectivity index (χ1) is 8.90. The fraction of sp³-hybridized carbons (Fsp3) is 0.500. The van der Waals surface area contributed by atoms with Crippen LogP contribution in [0, 0.1) is 5.92 Å². The van der Waals surface area contributed by atoms with Gasteiger partial charge in [0, 0.05) is 6.04 Å². The van der Waals surface area contributed by atoms with Gasteiger partial charge in [0.15, 0.2) is 0 Å². The lowest BCUT2D eigenvalue weighted by atomic mass is 9.97. The number of nitrogens with one attached hydrogen (secondary N) is 2. The molecule has 1 fully saturated rings. The number of piperidine rings is 1. The fourth-order valence-corrected chi connectivity index (χ4v) is 3.87. The van der Waals surface area contributed by atoms with Gasteiger partial charge in [-0.15, -0.1) is 0 Å². The van der Waals surface area contributed by atoms with E-state index in [1.165, 1.54) is 18.2 Å². The highest BCUT2D eigenvalue weighted by Crippen LogP contribution is 2.25. The zero-order valence-electron chi connectivity index (χ0n) is 10.5. The lowest BCUT2D eigenvalue weighted by Crippen LogP contribution is -2.48. The summed E-state index contributed by atoms with van der Waals surface area (Å²) in [6, 6.07) is 4.27. The Labute approximate surface area is 123 Å².